The summed E-state index contributed by atoms with van der Waals surface area (Å²) in [5, 5.41) is 20.1. The molecule has 1 N–H and O–H groups in total. The van der Waals surface area contributed by atoms with Crippen LogP contribution in [0, 0.1) is 11.3 Å². The van der Waals surface area contributed by atoms with Gasteiger partial charge in [-0.05, 0) is 55.0 Å². The molecule has 0 spiro atoms. The van der Waals surface area contributed by atoms with E-state index in [2.05, 4.69) is 28.5 Å². The zero-order chi connectivity index (χ0) is 23.3. The zero-order valence-electron chi connectivity index (χ0n) is 19.3. The molecule has 0 saturated heterocycles. The van der Waals surface area contributed by atoms with Crippen molar-refractivity contribution < 1.29 is 9.21 Å². The molecule has 33 heavy (non-hydrogen) atoms. The second-order valence-electron chi connectivity index (χ2n) is 8.31. The Morgan fingerprint density at radius 3 is 1.88 bits per heavy atom. The van der Waals surface area contributed by atoms with Gasteiger partial charge in [-0.3, -0.25) is 4.79 Å². The average molecular weight is 445 g/mol. The molecule has 0 fully saturated rings. The van der Waals surface area contributed by atoms with E-state index < -0.39 is 0 Å². The van der Waals surface area contributed by atoms with Crippen LogP contribution in [0.4, 0.5) is 5.69 Å². The predicted octanol–water partition coefficient (Wildman–Crippen LogP) is 7.13. The van der Waals surface area contributed by atoms with Gasteiger partial charge in [0.2, 0.25) is 17.7 Å². The number of hydrogen-bond acceptors (Lipinski definition) is 5. The Kier molecular flexibility index (Phi) is 9.65. The van der Waals surface area contributed by atoms with E-state index in [4.69, 9.17) is 9.68 Å². The van der Waals surface area contributed by atoms with Crippen molar-refractivity contribution in [2.24, 2.45) is 0 Å². The number of carbonyl (C=O) groups is 1. The highest BCUT2D eigenvalue weighted by molar-refractivity contribution is 5.90. The number of carbonyl (C=O) groups excluding carboxylic acids is 1. The van der Waals surface area contributed by atoms with Crippen LogP contribution in [-0.4, -0.2) is 16.1 Å². The average Bonchev–Trinajstić information content (AvgIpc) is 3.34. The number of nitrogens with zero attached hydrogens (tertiary/aromatic N) is 3. The van der Waals surface area contributed by atoms with Crippen LogP contribution in [0.25, 0.3) is 22.9 Å². The number of amides is 1. The van der Waals surface area contributed by atoms with Gasteiger partial charge in [-0.2, -0.15) is 5.26 Å². The van der Waals surface area contributed by atoms with Gasteiger partial charge in [0, 0.05) is 23.2 Å². The Morgan fingerprint density at radius 1 is 0.818 bits per heavy atom. The predicted molar refractivity (Wildman–Crippen MR) is 130 cm³/mol. The van der Waals surface area contributed by atoms with Gasteiger partial charge in [-0.15, -0.1) is 10.2 Å². The number of rotatable bonds is 13. The Bertz CT molecular complexity index is 1030. The second-order valence-corrected chi connectivity index (χ2v) is 8.31. The molecule has 0 radical (unpaired) electrons. The molecule has 3 rings (SSSR count). The standard InChI is InChI=1S/C27H32N4O2/c1-2-3-4-5-6-7-8-9-10-11-25(32)29-24-18-16-23(17-19-24)27-31-30-26(33-27)22-14-12-21(20-28)13-15-22/h12-19H,2-11H2,1H3,(H,29,32). The highest BCUT2D eigenvalue weighted by Gasteiger charge is 2.11. The molecule has 0 saturated carbocycles. The maximum atomic E-state index is 12.2. The number of nitrogens with one attached hydrogen (secondary N) is 1. The van der Waals surface area contributed by atoms with E-state index in [0.717, 1.165) is 29.7 Å². The summed E-state index contributed by atoms with van der Waals surface area (Å²) in [4.78, 5) is 12.2. The second kappa shape index (κ2) is 13.2. The summed E-state index contributed by atoms with van der Waals surface area (Å²) in [6, 6.07) is 16.5. The summed E-state index contributed by atoms with van der Waals surface area (Å²) < 4.78 is 5.77. The molecule has 6 nitrogen and oxygen atoms in total. The maximum absolute atomic E-state index is 12.2. The van der Waals surface area contributed by atoms with Crippen LogP contribution >= 0.6 is 0 Å². The number of anilines is 1. The molecule has 3 aromatic rings. The van der Waals surface area contributed by atoms with Gasteiger partial charge in [-0.1, -0.05) is 58.3 Å². The Balaban J connectivity index is 1.41. The van der Waals surface area contributed by atoms with E-state index in [0.29, 0.717) is 23.8 Å². The summed E-state index contributed by atoms with van der Waals surface area (Å²) in [6.45, 7) is 2.24. The third-order valence-electron chi connectivity index (χ3n) is 5.61. The molecule has 0 aliphatic carbocycles. The minimum absolute atomic E-state index is 0.0478. The molecule has 0 aliphatic rings. The van der Waals surface area contributed by atoms with Gasteiger partial charge in [0.05, 0.1) is 11.6 Å². The van der Waals surface area contributed by atoms with Crippen LogP contribution in [-0.2, 0) is 4.79 Å². The van der Waals surface area contributed by atoms with Crippen molar-refractivity contribution in [3.63, 3.8) is 0 Å². The van der Waals surface area contributed by atoms with Crippen molar-refractivity contribution in [2.75, 3.05) is 5.32 Å². The lowest BCUT2D eigenvalue weighted by atomic mass is 10.1. The minimum Gasteiger partial charge on any atom is -0.416 e. The van der Waals surface area contributed by atoms with E-state index >= 15 is 0 Å². The largest absolute Gasteiger partial charge is 0.416 e. The van der Waals surface area contributed by atoms with Crippen LogP contribution in [0.15, 0.2) is 52.9 Å². The molecule has 0 atom stereocenters. The van der Waals surface area contributed by atoms with Crippen LogP contribution in [0.1, 0.15) is 76.7 Å². The minimum atomic E-state index is 0.0478. The van der Waals surface area contributed by atoms with Gasteiger partial charge in [0.1, 0.15) is 0 Å². The van der Waals surface area contributed by atoms with E-state index in [1.165, 1.54) is 44.9 Å². The van der Waals surface area contributed by atoms with Crippen LogP contribution in [0.5, 0.6) is 0 Å². The number of aromatic nitrogens is 2. The van der Waals surface area contributed by atoms with Crippen molar-refractivity contribution in [1.82, 2.24) is 10.2 Å². The Hall–Kier alpha value is -3.46. The summed E-state index contributed by atoms with van der Waals surface area (Å²) in [5.41, 5.74) is 2.87. The fraction of sp³-hybridized carbons (Fsp3) is 0.407. The Labute approximate surface area is 196 Å². The summed E-state index contributed by atoms with van der Waals surface area (Å²) in [6.07, 6.45) is 11.7. The van der Waals surface area contributed by atoms with Crippen molar-refractivity contribution in [3.05, 3.63) is 54.1 Å². The smallest absolute Gasteiger partial charge is 0.248 e. The molecule has 1 amide bonds. The molecule has 172 valence electrons. The lowest BCUT2D eigenvalue weighted by Crippen LogP contribution is -2.10. The fourth-order valence-electron chi connectivity index (χ4n) is 3.66. The van der Waals surface area contributed by atoms with E-state index in [9.17, 15) is 4.79 Å². The summed E-state index contributed by atoms with van der Waals surface area (Å²) >= 11 is 0. The quantitative estimate of drug-likeness (QED) is 0.283. The highest BCUT2D eigenvalue weighted by Crippen LogP contribution is 2.25. The summed E-state index contributed by atoms with van der Waals surface area (Å²) in [5.74, 6) is 0.848. The lowest BCUT2D eigenvalue weighted by Gasteiger charge is -2.06. The molecule has 6 heteroatoms. The SMILES string of the molecule is CCCCCCCCCCCC(=O)Nc1ccc(-c2nnc(-c3ccc(C#N)cc3)o2)cc1. The molecular formula is C27H32N4O2. The molecule has 0 bridgehead atoms. The maximum Gasteiger partial charge on any atom is 0.248 e. The normalized spacial score (nSPS) is 10.7. The first-order valence-electron chi connectivity index (χ1n) is 11.9. The number of hydrogen-bond donors (Lipinski definition) is 1. The van der Waals surface area contributed by atoms with Crippen LogP contribution in [0.3, 0.4) is 0 Å². The van der Waals surface area contributed by atoms with Gasteiger partial charge >= 0.3 is 0 Å². The summed E-state index contributed by atoms with van der Waals surface area (Å²) in [7, 11) is 0. The third-order valence-corrected chi connectivity index (χ3v) is 5.61. The van der Waals surface area contributed by atoms with Gasteiger partial charge in [-0.25, -0.2) is 0 Å². The molecular weight excluding hydrogens is 412 g/mol. The van der Waals surface area contributed by atoms with Gasteiger partial charge in [0.25, 0.3) is 0 Å². The number of unbranched alkanes of at least 4 members (excludes halogenated alkanes) is 8. The molecule has 1 heterocycles. The van der Waals surface area contributed by atoms with Crippen molar-refractivity contribution in [2.45, 2.75) is 71.1 Å². The van der Waals surface area contributed by atoms with Crippen LogP contribution in [0.2, 0.25) is 0 Å². The first kappa shape index (κ1) is 24.2. The Morgan fingerprint density at radius 2 is 1.33 bits per heavy atom. The fourth-order valence-corrected chi connectivity index (χ4v) is 3.66. The van der Waals surface area contributed by atoms with E-state index in [-0.39, 0.29) is 5.91 Å². The molecule has 0 aliphatic heterocycles. The lowest BCUT2D eigenvalue weighted by molar-refractivity contribution is -0.116. The third kappa shape index (κ3) is 7.87. The molecule has 0 unspecified atom stereocenters. The first-order valence-corrected chi connectivity index (χ1v) is 11.9. The number of nitriles is 1. The van der Waals surface area contributed by atoms with Crippen molar-refractivity contribution in [1.29, 1.82) is 5.26 Å². The van der Waals surface area contributed by atoms with E-state index in [1.54, 1.807) is 24.3 Å². The van der Waals surface area contributed by atoms with Crippen LogP contribution < -0.4 is 5.32 Å². The topological polar surface area (TPSA) is 91.8 Å². The first-order chi connectivity index (χ1) is 16.2. The zero-order valence-corrected chi connectivity index (χ0v) is 19.3. The molecule has 2 aromatic carbocycles. The van der Waals surface area contributed by atoms with E-state index in [1.807, 2.05) is 24.3 Å². The van der Waals surface area contributed by atoms with Crippen molar-refractivity contribution >= 4 is 11.6 Å². The molecule has 1 aromatic heterocycles. The monoisotopic (exact) mass is 444 g/mol. The highest BCUT2D eigenvalue weighted by atomic mass is 16.4. The number of benzene rings is 2. The van der Waals surface area contributed by atoms with Crippen molar-refractivity contribution in [3.8, 4) is 29.0 Å². The van der Waals surface area contributed by atoms with Gasteiger partial charge in [0.15, 0.2) is 0 Å². The van der Waals surface area contributed by atoms with Gasteiger partial charge < -0.3 is 9.73 Å².